The van der Waals surface area contributed by atoms with Crippen molar-refractivity contribution in [3.63, 3.8) is 0 Å². The highest BCUT2D eigenvalue weighted by Crippen LogP contribution is 2.42. The summed E-state index contributed by atoms with van der Waals surface area (Å²) >= 11 is 1.26. The highest BCUT2D eigenvalue weighted by molar-refractivity contribution is 7.10. The minimum absolute atomic E-state index is 0.286. The van der Waals surface area contributed by atoms with E-state index in [2.05, 4.69) is 5.32 Å². The van der Waals surface area contributed by atoms with E-state index < -0.39 is 35.7 Å². The van der Waals surface area contributed by atoms with Crippen molar-refractivity contribution in [2.45, 2.75) is 17.9 Å². The lowest BCUT2D eigenvalue weighted by Gasteiger charge is -2.37. The fourth-order valence-corrected chi connectivity index (χ4v) is 4.26. The topological polar surface area (TPSA) is 104 Å². The van der Waals surface area contributed by atoms with Gasteiger partial charge in [-0.3, -0.25) is 9.59 Å². The van der Waals surface area contributed by atoms with E-state index in [1.54, 1.807) is 78.2 Å². The molecule has 3 rings (SSSR count). The number of aliphatic carboxylic acids is 2. The minimum Gasteiger partial charge on any atom is -0.481 e. The maximum atomic E-state index is 13.0. The second-order valence-corrected chi connectivity index (χ2v) is 7.44. The Balaban J connectivity index is 2.20. The van der Waals surface area contributed by atoms with Crippen molar-refractivity contribution in [2.75, 3.05) is 0 Å². The number of carboxylic acid groups (broad SMARTS) is 2. The van der Waals surface area contributed by atoms with Crippen LogP contribution >= 0.6 is 11.3 Å². The molecule has 0 radical (unpaired) electrons. The van der Waals surface area contributed by atoms with Gasteiger partial charge in [0.05, 0.1) is 6.42 Å². The van der Waals surface area contributed by atoms with E-state index in [-0.39, 0.29) is 5.56 Å². The van der Waals surface area contributed by atoms with Crippen LogP contribution in [0.4, 0.5) is 0 Å². The summed E-state index contributed by atoms with van der Waals surface area (Å²) in [6, 6.07) is 19.9. The van der Waals surface area contributed by atoms with Gasteiger partial charge in [-0.15, -0.1) is 11.3 Å². The number of carboxylic acids is 2. The molecule has 7 heteroatoms. The first-order valence-electron chi connectivity index (χ1n) is 8.87. The zero-order chi connectivity index (χ0) is 20.9. The molecule has 1 heterocycles. The predicted molar refractivity (Wildman–Crippen MR) is 109 cm³/mol. The molecular formula is C22H19NO5S. The van der Waals surface area contributed by atoms with Gasteiger partial charge in [0.2, 0.25) is 0 Å². The predicted octanol–water partition coefficient (Wildman–Crippen LogP) is 3.72. The summed E-state index contributed by atoms with van der Waals surface area (Å²) in [5.41, 5.74) is -1.37. The molecule has 2 unspecified atom stereocenters. The summed E-state index contributed by atoms with van der Waals surface area (Å²) in [5, 5.41) is 24.3. The summed E-state index contributed by atoms with van der Waals surface area (Å²) in [6.07, 6.45) is -0.462. The van der Waals surface area contributed by atoms with Crippen LogP contribution in [0.25, 0.3) is 0 Å². The van der Waals surface area contributed by atoms with E-state index in [1.165, 1.54) is 11.3 Å². The van der Waals surface area contributed by atoms with E-state index in [0.29, 0.717) is 10.4 Å². The maximum Gasteiger partial charge on any atom is 0.334 e. The normalized spacial score (nSPS) is 13.8. The number of benzene rings is 2. The highest BCUT2D eigenvalue weighted by Gasteiger charge is 2.50. The molecule has 148 valence electrons. The minimum atomic E-state index is -1.96. The first-order valence-corrected chi connectivity index (χ1v) is 9.74. The van der Waals surface area contributed by atoms with Crippen LogP contribution in [0, 0.1) is 0 Å². The lowest BCUT2D eigenvalue weighted by atomic mass is 9.75. The number of rotatable bonds is 8. The van der Waals surface area contributed by atoms with Crippen molar-refractivity contribution in [1.82, 2.24) is 5.32 Å². The van der Waals surface area contributed by atoms with Crippen molar-refractivity contribution in [3.05, 3.63) is 94.2 Å². The number of amides is 1. The summed E-state index contributed by atoms with van der Waals surface area (Å²) in [4.78, 5) is 37.9. The first kappa shape index (κ1) is 20.3. The fourth-order valence-electron chi connectivity index (χ4n) is 3.36. The summed E-state index contributed by atoms with van der Waals surface area (Å²) in [6.45, 7) is 0. The number of carbonyl (C=O) groups is 3. The molecule has 0 saturated carbocycles. The Morgan fingerprint density at radius 3 is 2.03 bits per heavy atom. The molecule has 0 fully saturated rings. The Hall–Kier alpha value is -3.45. The Morgan fingerprint density at radius 2 is 1.52 bits per heavy atom. The summed E-state index contributed by atoms with van der Waals surface area (Å²) in [7, 11) is 0. The zero-order valence-corrected chi connectivity index (χ0v) is 16.1. The van der Waals surface area contributed by atoms with Crippen LogP contribution in [-0.2, 0) is 15.1 Å². The quantitative estimate of drug-likeness (QED) is 0.526. The number of nitrogens with one attached hydrogen (secondary N) is 1. The largest absolute Gasteiger partial charge is 0.481 e. The molecule has 6 nitrogen and oxygen atoms in total. The molecule has 0 aliphatic carbocycles. The Bertz CT molecular complexity index is 989. The van der Waals surface area contributed by atoms with Gasteiger partial charge in [0, 0.05) is 16.4 Å². The van der Waals surface area contributed by atoms with Gasteiger partial charge in [0.15, 0.2) is 5.54 Å². The Labute approximate surface area is 171 Å². The molecule has 0 aliphatic rings. The molecule has 0 spiro atoms. The third kappa shape index (κ3) is 4.20. The lowest BCUT2D eigenvalue weighted by molar-refractivity contribution is -0.147. The van der Waals surface area contributed by atoms with E-state index in [4.69, 9.17) is 0 Å². The van der Waals surface area contributed by atoms with Crippen molar-refractivity contribution in [1.29, 1.82) is 0 Å². The second-order valence-electron chi connectivity index (χ2n) is 6.47. The first-order chi connectivity index (χ1) is 13.9. The molecule has 3 N–H and O–H groups in total. The Morgan fingerprint density at radius 1 is 0.897 bits per heavy atom. The molecule has 0 saturated heterocycles. The SMILES string of the molecule is O=C(O)CC(c1cccs1)C(NC(=O)c1ccccc1)(C(=O)O)c1ccccc1. The number of thiophene rings is 1. The molecule has 2 atom stereocenters. The molecule has 0 bridgehead atoms. The van der Waals surface area contributed by atoms with E-state index >= 15 is 0 Å². The average molecular weight is 409 g/mol. The third-order valence-corrected chi connectivity index (χ3v) is 5.69. The standard InChI is InChI=1S/C22H19NO5S/c24-19(25)14-17(18-12-7-13-29-18)22(21(27)28,16-10-5-2-6-11-16)23-20(26)15-8-3-1-4-9-15/h1-13,17H,14H2,(H,23,26)(H,24,25)(H,27,28). The van der Waals surface area contributed by atoms with Gasteiger partial charge in [0.1, 0.15) is 0 Å². The van der Waals surface area contributed by atoms with Crippen LogP contribution < -0.4 is 5.32 Å². The van der Waals surface area contributed by atoms with Crippen LogP contribution in [0.3, 0.4) is 0 Å². The van der Waals surface area contributed by atoms with Crippen molar-refractivity contribution in [2.24, 2.45) is 0 Å². The molecule has 2 aromatic carbocycles. The van der Waals surface area contributed by atoms with Gasteiger partial charge >= 0.3 is 11.9 Å². The summed E-state index contributed by atoms with van der Waals surface area (Å²) in [5.74, 6) is -4.08. The molecule has 1 amide bonds. The number of carbonyl (C=O) groups excluding carboxylic acids is 1. The van der Waals surface area contributed by atoms with E-state index in [9.17, 15) is 24.6 Å². The van der Waals surface area contributed by atoms with Gasteiger partial charge < -0.3 is 15.5 Å². The van der Waals surface area contributed by atoms with Gasteiger partial charge in [-0.1, -0.05) is 54.6 Å². The molecule has 29 heavy (non-hydrogen) atoms. The smallest absolute Gasteiger partial charge is 0.334 e. The highest BCUT2D eigenvalue weighted by atomic mass is 32.1. The maximum absolute atomic E-state index is 13.0. The lowest BCUT2D eigenvalue weighted by Crippen LogP contribution is -2.56. The van der Waals surface area contributed by atoms with Gasteiger partial charge in [0.25, 0.3) is 5.91 Å². The van der Waals surface area contributed by atoms with Crippen LogP contribution in [0.5, 0.6) is 0 Å². The van der Waals surface area contributed by atoms with E-state index in [0.717, 1.165) is 0 Å². The van der Waals surface area contributed by atoms with Gasteiger partial charge in [-0.05, 0) is 29.1 Å². The van der Waals surface area contributed by atoms with Crippen LogP contribution in [-0.4, -0.2) is 28.1 Å². The van der Waals surface area contributed by atoms with Crippen molar-refractivity contribution < 1.29 is 24.6 Å². The molecule has 3 aromatic rings. The van der Waals surface area contributed by atoms with Crippen molar-refractivity contribution in [3.8, 4) is 0 Å². The third-order valence-electron chi connectivity index (χ3n) is 4.70. The van der Waals surface area contributed by atoms with Crippen molar-refractivity contribution >= 4 is 29.2 Å². The number of hydrogen-bond acceptors (Lipinski definition) is 4. The number of hydrogen-bond donors (Lipinski definition) is 3. The van der Waals surface area contributed by atoms with Crippen LogP contribution in [0.1, 0.15) is 33.1 Å². The van der Waals surface area contributed by atoms with Crippen LogP contribution in [0.2, 0.25) is 0 Å². The zero-order valence-electron chi connectivity index (χ0n) is 15.3. The molecule has 0 aliphatic heterocycles. The van der Waals surface area contributed by atoms with Gasteiger partial charge in [-0.25, -0.2) is 4.79 Å². The monoisotopic (exact) mass is 409 g/mol. The van der Waals surface area contributed by atoms with Gasteiger partial charge in [-0.2, -0.15) is 0 Å². The summed E-state index contributed by atoms with van der Waals surface area (Å²) < 4.78 is 0. The Kier molecular flexibility index (Phi) is 6.09. The van der Waals surface area contributed by atoms with Crippen LogP contribution in [0.15, 0.2) is 78.2 Å². The fraction of sp³-hybridized carbons (Fsp3) is 0.136. The molecular weight excluding hydrogens is 390 g/mol. The average Bonchev–Trinajstić information content (AvgIpc) is 3.26. The van der Waals surface area contributed by atoms with E-state index in [1.807, 2.05) is 0 Å². The molecule has 1 aromatic heterocycles. The second kappa shape index (κ2) is 8.70.